The van der Waals surface area contributed by atoms with Crippen molar-refractivity contribution in [2.75, 3.05) is 14.2 Å². The van der Waals surface area contributed by atoms with Crippen LogP contribution in [0.5, 0.6) is 5.75 Å². The summed E-state index contributed by atoms with van der Waals surface area (Å²) in [4.78, 5) is 35.9. The van der Waals surface area contributed by atoms with Crippen LogP contribution in [-0.4, -0.2) is 44.1 Å². The van der Waals surface area contributed by atoms with Crippen molar-refractivity contribution in [2.45, 2.75) is 39.3 Å². The normalized spacial score (nSPS) is 12.9. The predicted octanol–water partition coefficient (Wildman–Crippen LogP) is 1.06. The number of ether oxygens (including phenoxy) is 2. The molecule has 2 amide bonds. The fourth-order valence-electron chi connectivity index (χ4n) is 2.39. The largest absolute Gasteiger partial charge is 0.497 e. The molecule has 0 aliphatic rings. The van der Waals surface area contributed by atoms with Gasteiger partial charge < -0.3 is 20.1 Å². The van der Waals surface area contributed by atoms with Crippen molar-refractivity contribution in [3.05, 3.63) is 29.8 Å². The zero-order valence-electron chi connectivity index (χ0n) is 15.3. The van der Waals surface area contributed by atoms with Crippen LogP contribution in [0.25, 0.3) is 0 Å². The summed E-state index contributed by atoms with van der Waals surface area (Å²) in [6.07, 6.45) is 0.250. The summed E-state index contributed by atoms with van der Waals surface area (Å²) in [6.45, 7) is 4.97. The predicted molar refractivity (Wildman–Crippen MR) is 93.1 cm³/mol. The summed E-state index contributed by atoms with van der Waals surface area (Å²) in [6, 6.07) is 5.63. The van der Waals surface area contributed by atoms with E-state index in [-0.39, 0.29) is 18.2 Å². The highest BCUT2D eigenvalue weighted by Crippen LogP contribution is 2.15. The molecule has 7 nitrogen and oxygen atoms in total. The molecule has 0 unspecified atom stereocenters. The number of amides is 2. The zero-order valence-corrected chi connectivity index (χ0v) is 15.3. The Bertz CT molecular complexity index is 615. The smallest absolute Gasteiger partial charge is 0.328 e. The van der Waals surface area contributed by atoms with E-state index in [2.05, 4.69) is 10.6 Å². The van der Waals surface area contributed by atoms with Gasteiger partial charge in [0.25, 0.3) is 0 Å². The van der Waals surface area contributed by atoms with Gasteiger partial charge in [-0.25, -0.2) is 4.79 Å². The van der Waals surface area contributed by atoms with E-state index >= 15 is 0 Å². The lowest BCUT2D eigenvalue weighted by molar-refractivity contribution is -0.145. The average molecular weight is 350 g/mol. The lowest BCUT2D eigenvalue weighted by Crippen LogP contribution is -2.54. The van der Waals surface area contributed by atoms with Crippen LogP contribution in [0.1, 0.15) is 26.3 Å². The molecule has 2 atom stereocenters. The Balaban J connectivity index is 2.92. The summed E-state index contributed by atoms with van der Waals surface area (Å²) in [5.74, 6) is -0.758. The van der Waals surface area contributed by atoms with E-state index in [1.807, 2.05) is 19.9 Å². The van der Waals surface area contributed by atoms with Crippen molar-refractivity contribution >= 4 is 17.8 Å². The minimum Gasteiger partial charge on any atom is -0.497 e. The van der Waals surface area contributed by atoms with E-state index in [1.165, 1.54) is 14.0 Å². The number of nitrogens with one attached hydrogen (secondary N) is 2. The SMILES string of the molecule is COC(=O)[C@H](Cc1cccc(OC)c1)NC(=O)[C@H](NC(C)=O)C(C)C. The van der Waals surface area contributed by atoms with Crippen LogP contribution in [0, 0.1) is 5.92 Å². The molecular weight excluding hydrogens is 324 g/mol. The van der Waals surface area contributed by atoms with Crippen LogP contribution >= 0.6 is 0 Å². The van der Waals surface area contributed by atoms with Crippen LogP contribution < -0.4 is 15.4 Å². The van der Waals surface area contributed by atoms with Crippen LogP contribution in [0.2, 0.25) is 0 Å². The second-order valence-corrected chi connectivity index (χ2v) is 6.06. The number of hydrogen-bond donors (Lipinski definition) is 2. The molecule has 0 spiro atoms. The lowest BCUT2D eigenvalue weighted by Gasteiger charge is -2.24. The minimum atomic E-state index is -0.861. The molecular formula is C18H26N2O5. The standard InChI is InChI=1S/C18H26N2O5/c1-11(2)16(19-12(3)21)17(22)20-15(18(23)25-5)10-13-7-6-8-14(9-13)24-4/h6-9,11,15-16H,10H2,1-5H3,(H,19,21)(H,20,22)/t15-,16+/m0/s1. The topological polar surface area (TPSA) is 93.7 Å². The van der Waals surface area contributed by atoms with Crippen molar-refractivity contribution in [1.82, 2.24) is 10.6 Å². The number of hydrogen-bond acceptors (Lipinski definition) is 5. The van der Waals surface area contributed by atoms with Crippen LogP contribution in [0.15, 0.2) is 24.3 Å². The van der Waals surface area contributed by atoms with Gasteiger partial charge in [-0.3, -0.25) is 9.59 Å². The molecule has 0 heterocycles. The molecule has 0 radical (unpaired) electrons. The molecule has 25 heavy (non-hydrogen) atoms. The Kier molecular flexibility index (Phi) is 7.91. The number of carbonyl (C=O) groups is 3. The van der Waals surface area contributed by atoms with E-state index in [1.54, 1.807) is 25.3 Å². The van der Waals surface area contributed by atoms with Crippen molar-refractivity contribution in [1.29, 1.82) is 0 Å². The molecule has 2 N–H and O–H groups in total. The number of rotatable bonds is 8. The molecule has 0 aliphatic carbocycles. The summed E-state index contributed by atoms with van der Waals surface area (Å²) in [7, 11) is 2.82. The fraction of sp³-hybridized carbons (Fsp3) is 0.500. The number of esters is 1. The number of methoxy groups -OCH3 is 2. The average Bonchev–Trinajstić information content (AvgIpc) is 2.57. The van der Waals surface area contributed by atoms with Gasteiger partial charge >= 0.3 is 5.97 Å². The first-order chi connectivity index (χ1) is 11.8. The van der Waals surface area contributed by atoms with E-state index in [0.717, 1.165) is 5.56 Å². The highest BCUT2D eigenvalue weighted by atomic mass is 16.5. The van der Waals surface area contributed by atoms with Gasteiger partial charge in [-0.15, -0.1) is 0 Å². The van der Waals surface area contributed by atoms with Crippen LogP contribution in [0.4, 0.5) is 0 Å². The molecule has 0 bridgehead atoms. The van der Waals surface area contributed by atoms with Crippen LogP contribution in [-0.2, 0) is 25.5 Å². The molecule has 0 saturated carbocycles. The summed E-state index contributed by atoms with van der Waals surface area (Å²) < 4.78 is 9.96. The number of carbonyl (C=O) groups excluding carboxylic acids is 3. The van der Waals surface area contributed by atoms with Crippen molar-refractivity contribution in [3.8, 4) is 5.75 Å². The summed E-state index contributed by atoms with van der Waals surface area (Å²) in [5, 5.41) is 5.27. The summed E-state index contributed by atoms with van der Waals surface area (Å²) in [5.41, 5.74) is 0.815. The molecule has 0 aliphatic heterocycles. The Labute approximate surface area is 148 Å². The molecule has 7 heteroatoms. The second-order valence-electron chi connectivity index (χ2n) is 6.06. The van der Waals surface area contributed by atoms with Crippen molar-refractivity contribution < 1.29 is 23.9 Å². The third-order valence-corrected chi connectivity index (χ3v) is 3.68. The Morgan fingerprint density at radius 1 is 1.12 bits per heavy atom. The fourth-order valence-corrected chi connectivity index (χ4v) is 2.39. The Morgan fingerprint density at radius 3 is 2.32 bits per heavy atom. The van der Waals surface area contributed by atoms with E-state index in [0.29, 0.717) is 5.75 Å². The molecule has 1 aromatic rings. The molecule has 1 aromatic carbocycles. The summed E-state index contributed by atoms with van der Waals surface area (Å²) >= 11 is 0. The molecule has 138 valence electrons. The van der Waals surface area contributed by atoms with Gasteiger partial charge in [0, 0.05) is 13.3 Å². The second kappa shape index (κ2) is 9.66. The third-order valence-electron chi connectivity index (χ3n) is 3.68. The monoisotopic (exact) mass is 350 g/mol. The molecule has 1 rings (SSSR count). The van der Waals surface area contributed by atoms with E-state index in [9.17, 15) is 14.4 Å². The van der Waals surface area contributed by atoms with E-state index < -0.39 is 24.0 Å². The maximum absolute atomic E-state index is 12.5. The maximum Gasteiger partial charge on any atom is 0.328 e. The van der Waals surface area contributed by atoms with Crippen LogP contribution in [0.3, 0.4) is 0 Å². The van der Waals surface area contributed by atoms with Gasteiger partial charge in [0.2, 0.25) is 11.8 Å². The molecule has 0 fully saturated rings. The first-order valence-electron chi connectivity index (χ1n) is 8.06. The third kappa shape index (κ3) is 6.45. The number of benzene rings is 1. The van der Waals surface area contributed by atoms with Gasteiger partial charge in [0.1, 0.15) is 17.8 Å². The highest BCUT2D eigenvalue weighted by molar-refractivity contribution is 5.90. The van der Waals surface area contributed by atoms with Gasteiger partial charge in [-0.2, -0.15) is 0 Å². The lowest BCUT2D eigenvalue weighted by atomic mass is 10.0. The zero-order chi connectivity index (χ0) is 19.0. The van der Waals surface area contributed by atoms with Crippen molar-refractivity contribution in [2.24, 2.45) is 5.92 Å². The minimum absolute atomic E-state index is 0.126. The van der Waals surface area contributed by atoms with Crippen molar-refractivity contribution in [3.63, 3.8) is 0 Å². The van der Waals surface area contributed by atoms with E-state index in [4.69, 9.17) is 9.47 Å². The quantitative estimate of drug-likeness (QED) is 0.684. The Morgan fingerprint density at radius 2 is 1.80 bits per heavy atom. The first kappa shape index (κ1) is 20.5. The molecule has 0 aromatic heterocycles. The van der Waals surface area contributed by atoms with Gasteiger partial charge in [-0.05, 0) is 23.6 Å². The van der Waals surface area contributed by atoms with Gasteiger partial charge in [0.05, 0.1) is 14.2 Å². The maximum atomic E-state index is 12.5. The van der Waals surface area contributed by atoms with Gasteiger partial charge in [0.15, 0.2) is 0 Å². The highest BCUT2D eigenvalue weighted by Gasteiger charge is 2.28. The van der Waals surface area contributed by atoms with Gasteiger partial charge in [-0.1, -0.05) is 26.0 Å². The molecule has 0 saturated heterocycles. The first-order valence-corrected chi connectivity index (χ1v) is 8.06. The Hall–Kier alpha value is -2.57.